The van der Waals surface area contributed by atoms with Crippen LogP contribution in [-0.4, -0.2) is 104 Å². The van der Waals surface area contributed by atoms with Crippen molar-refractivity contribution in [1.29, 1.82) is 0 Å². The van der Waals surface area contributed by atoms with E-state index in [1.54, 1.807) is 0 Å². The van der Waals surface area contributed by atoms with Gasteiger partial charge in [-0.05, 0) is 32.7 Å². The normalized spacial score (nSPS) is 14.7. The van der Waals surface area contributed by atoms with Crippen LogP contribution in [0.1, 0.15) is 38.3 Å². The second-order valence-corrected chi connectivity index (χ2v) is 8.70. The quantitative estimate of drug-likeness (QED) is 0.0772. The van der Waals surface area contributed by atoms with E-state index < -0.39 is 78.8 Å². The smallest absolute Gasteiger partial charge is 0.326 e. The lowest BCUT2D eigenvalue weighted by Gasteiger charge is -2.24. The average Bonchev–Trinajstić information content (AvgIpc) is 3.38. The first-order valence-electron chi connectivity index (χ1n) is 12.1. The van der Waals surface area contributed by atoms with Crippen LogP contribution in [0.2, 0.25) is 0 Å². The van der Waals surface area contributed by atoms with Crippen molar-refractivity contribution in [2.75, 3.05) is 13.2 Å². The Labute approximate surface area is 223 Å². The Morgan fingerprint density at radius 3 is 2.08 bits per heavy atom. The molecule has 0 radical (unpaired) electrons. The molecule has 1 aromatic rings. The van der Waals surface area contributed by atoms with Gasteiger partial charge in [-0.15, -0.1) is 0 Å². The number of amides is 4. The number of carboxylic acid groups (broad SMARTS) is 2. The van der Waals surface area contributed by atoms with Gasteiger partial charge < -0.3 is 53.0 Å². The number of aromatic amines is 1. The molecule has 0 aliphatic carbocycles. The lowest BCUT2D eigenvalue weighted by molar-refractivity contribution is -0.142. The Morgan fingerprint density at radius 1 is 0.923 bits per heavy atom. The number of carbonyl (C=O) groups excluding carboxylic acids is 4. The fourth-order valence-corrected chi connectivity index (χ4v) is 3.28. The molecule has 12 N–H and O–H groups in total. The minimum Gasteiger partial charge on any atom is -0.481 e. The Kier molecular flexibility index (Phi) is 14.1. The highest BCUT2D eigenvalue weighted by Gasteiger charge is 2.31. The van der Waals surface area contributed by atoms with Crippen molar-refractivity contribution in [3.8, 4) is 0 Å². The van der Waals surface area contributed by atoms with Crippen molar-refractivity contribution < 1.29 is 44.1 Å². The molecular weight excluding hydrogens is 520 g/mol. The van der Waals surface area contributed by atoms with Crippen molar-refractivity contribution in [2.24, 2.45) is 11.5 Å². The summed E-state index contributed by atoms with van der Waals surface area (Å²) in [4.78, 5) is 79.2. The zero-order valence-corrected chi connectivity index (χ0v) is 21.4. The van der Waals surface area contributed by atoms with Crippen LogP contribution in [0.15, 0.2) is 12.5 Å². The molecule has 0 aromatic carbocycles. The molecule has 5 atom stereocenters. The molecule has 0 saturated carbocycles. The fraction of sp³-hybridized carbons (Fsp3) is 0.591. The fourth-order valence-electron chi connectivity index (χ4n) is 3.28. The Morgan fingerprint density at radius 2 is 1.54 bits per heavy atom. The maximum atomic E-state index is 13.0. The number of unbranched alkanes of at least 4 members (excludes halogenated alkanes) is 1. The van der Waals surface area contributed by atoms with E-state index in [0.717, 1.165) is 0 Å². The highest BCUT2D eigenvalue weighted by Crippen LogP contribution is 2.04. The Balaban J connectivity index is 2.91. The Bertz CT molecular complexity index is 988. The number of carbonyl (C=O) groups is 6. The van der Waals surface area contributed by atoms with Gasteiger partial charge in [-0.1, -0.05) is 0 Å². The van der Waals surface area contributed by atoms with Crippen molar-refractivity contribution in [2.45, 2.75) is 69.2 Å². The third-order valence-electron chi connectivity index (χ3n) is 5.47. The van der Waals surface area contributed by atoms with Gasteiger partial charge in [-0.2, -0.15) is 0 Å². The van der Waals surface area contributed by atoms with Crippen LogP contribution in [0.4, 0.5) is 0 Å². The van der Waals surface area contributed by atoms with Crippen LogP contribution < -0.4 is 32.7 Å². The van der Waals surface area contributed by atoms with E-state index in [4.69, 9.17) is 16.6 Å². The number of H-pyrrole nitrogens is 1. The standard InChI is InChI=1S/C22H36N8O9/c1-11(18(34)28-14(22(38)39)4-2-3-5-23)27-20(36)15(6-12-8-25-10-26-12)29-21(37)16(9-31)30-19(35)13(24)7-17(32)33/h8,10-11,13-16,31H,2-7,9,23-24H2,1H3,(H,25,26)(H,27,36)(H,28,34)(H,29,37)(H,30,35)(H,32,33)(H,38,39)/t11-,13-,14-,15-,16-/m0/s1. The molecule has 0 fully saturated rings. The molecule has 17 nitrogen and oxygen atoms in total. The summed E-state index contributed by atoms with van der Waals surface area (Å²) in [5, 5.41) is 36.9. The van der Waals surface area contributed by atoms with Gasteiger partial charge in [-0.25, -0.2) is 9.78 Å². The first-order chi connectivity index (χ1) is 18.4. The molecule has 17 heteroatoms. The number of nitrogens with two attached hydrogens (primary N) is 2. The Hall–Kier alpha value is -4.09. The number of nitrogens with zero attached hydrogens (tertiary/aromatic N) is 1. The molecule has 0 unspecified atom stereocenters. The summed E-state index contributed by atoms with van der Waals surface area (Å²) in [6.07, 6.45) is 3.05. The van der Waals surface area contributed by atoms with Crippen molar-refractivity contribution in [3.05, 3.63) is 18.2 Å². The molecule has 0 spiro atoms. The molecule has 4 amide bonds. The molecular formula is C22H36N8O9. The monoisotopic (exact) mass is 556 g/mol. The number of rotatable bonds is 18. The molecule has 0 aliphatic rings. The summed E-state index contributed by atoms with van der Waals surface area (Å²) in [6, 6.07) is -6.77. The first kappa shape index (κ1) is 32.9. The van der Waals surface area contributed by atoms with Crippen LogP contribution in [0.3, 0.4) is 0 Å². The van der Waals surface area contributed by atoms with Crippen LogP contribution in [-0.2, 0) is 35.2 Å². The molecule has 218 valence electrons. The van der Waals surface area contributed by atoms with E-state index in [1.165, 1.54) is 19.4 Å². The van der Waals surface area contributed by atoms with Gasteiger partial charge in [0.05, 0.1) is 25.4 Å². The second-order valence-electron chi connectivity index (χ2n) is 8.70. The van der Waals surface area contributed by atoms with Crippen LogP contribution in [0.5, 0.6) is 0 Å². The molecule has 1 rings (SSSR count). The van der Waals surface area contributed by atoms with Crippen LogP contribution in [0, 0.1) is 0 Å². The third kappa shape index (κ3) is 11.9. The minimum absolute atomic E-state index is 0.132. The predicted molar refractivity (Wildman–Crippen MR) is 134 cm³/mol. The van der Waals surface area contributed by atoms with E-state index in [1.807, 2.05) is 0 Å². The number of imidazole rings is 1. The summed E-state index contributed by atoms with van der Waals surface area (Å²) in [5.41, 5.74) is 11.3. The topological polar surface area (TPSA) is 292 Å². The number of hydrogen-bond donors (Lipinski definition) is 10. The molecule has 1 heterocycles. The number of hydrogen-bond acceptors (Lipinski definition) is 10. The van der Waals surface area contributed by atoms with E-state index >= 15 is 0 Å². The van der Waals surface area contributed by atoms with Gasteiger partial charge in [0.15, 0.2) is 0 Å². The molecule has 1 aromatic heterocycles. The average molecular weight is 557 g/mol. The van der Waals surface area contributed by atoms with E-state index in [0.29, 0.717) is 25.1 Å². The highest BCUT2D eigenvalue weighted by molar-refractivity contribution is 5.95. The van der Waals surface area contributed by atoms with Gasteiger partial charge in [0, 0.05) is 18.3 Å². The van der Waals surface area contributed by atoms with Gasteiger partial charge in [0.25, 0.3) is 0 Å². The van der Waals surface area contributed by atoms with Gasteiger partial charge in [-0.3, -0.25) is 24.0 Å². The van der Waals surface area contributed by atoms with Crippen molar-refractivity contribution in [3.63, 3.8) is 0 Å². The number of aliphatic carboxylic acids is 2. The van der Waals surface area contributed by atoms with Gasteiger partial charge in [0.2, 0.25) is 23.6 Å². The summed E-state index contributed by atoms with van der Waals surface area (Å²) in [5.74, 6) is -6.20. The lowest BCUT2D eigenvalue weighted by atomic mass is 10.1. The predicted octanol–water partition coefficient (Wildman–Crippen LogP) is -4.08. The summed E-state index contributed by atoms with van der Waals surface area (Å²) in [7, 11) is 0. The van der Waals surface area contributed by atoms with Crippen LogP contribution >= 0.6 is 0 Å². The maximum absolute atomic E-state index is 13.0. The first-order valence-corrected chi connectivity index (χ1v) is 12.1. The van der Waals surface area contributed by atoms with Gasteiger partial charge >= 0.3 is 11.9 Å². The minimum atomic E-state index is -1.57. The largest absolute Gasteiger partial charge is 0.481 e. The number of carboxylic acids is 2. The highest BCUT2D eigenvalue weighted by atomic mass is 16.4. The number of aliphatic hydroxyl groups excluding tert-OH is 1. The molecule has 0 aliphatic heterocycles. The molecule has 39 heavy (non-hydrogen) atoms. The zero-order chi connectivity index (χ0) is 29.5. The third-order valence-corrected chi connectivity index (χ3v) is 5.47. The van der Waals surface area contributed by atoms with Gasteiger partial charge in [0.1, 0.15) is 24.2 Å². The zero-order valence-electron chi connectivity index (χ0n) is 21.4. The van der Waals surface area contributed by atoms with E-state index in [-0.39, 0.29) is 12.8 Å². The summed E-state index contributed by atoms with van der Waals surface area (Å²) >= 11 is 0. The molecule has 0 saturated heterocycles. The van der Waals surface area contributed by atoms with Crippen LogP contribution in [0.25, 0.3) is 0 Å². The SMILES string of the molecule is C[C@H](NC(=O)[C@H](Cc1cnc[nH]1)NC(=O)[C@H](CO)NC(=O)[C@@H](N)CC(=O)O)C(=O)N[C@@H](CCCCN)C(=O)O. The number of nitrogens with one attached hydrogen (secondary N) is 5. The lowest BCUT2D eigenvalue weighted by Crippen LogP contribution is -2.59. The number of aliphatic hydroxyl groups is 1. The second kappa shape index (κ2) is 16.7. The van der Waals surface area contributed by atoms with Crippen molar-refractivity contribution in [1.82, 2.24) is 31.2 Å². The van der Waals surface area contributed by atoms with Crippen molar-refractivity contribution >= 4 is 35.6 Å². The summed E-state index contributed by atoms with van der Waals surface area (Å²) in [6.45, 7) is 0.795. The van der Waals surface area contributed by atoms with E-state index in [2.05, 4.69) is 31.2 Å². The maximum Gasteiger partial charge on any atom is 0.326 e. The summed E-state index contributed by atoms with van der Waals surface area (Å²) < 4.78 is 0. The molecule has 0 bridgehead atoms. The van der Waals surface area contributed by atoms with E-state index in [9.17, 15) is 39.0 Å². The number of aromatic nitrogens is 2.